The molecular weight excluding hydrogens is 440 g/mol. The molecule has 9 heteroatoms. The summed E-state index contributed by atoms with van der Waals surface area (Å²) < 4.78 is 21.1. The molecule has 0 aliphatic heterocycles. The molecule has 33 heavy (non-hydrogen) atoms. The molecule has 0 atom stereocenters. The van der Waals surface area contributed by atoms with Crippen molar-refractivity contribution >= 4 is 45.3 Å². The first-order valence-electron chi connectivity index (χ1n) is 10.1. The number of ether oxygens (including phenoxy) is 2. The molecule has 166 valence electrons. The summed E-state index contributed by atoms with van der Waals surface area (Å²) >= 11 is 1.15. The normalized spacial score (nSPS) is 11.2. The second kappa shape index (κ2) is 8.10. The lowest BCUT2D eigenvalue weighted by molar-refractivity contribution is 0.0687. The van der Waals surface area contributed by atoms with Crippen LogP contribution in [0.2, 0.25) is 0 Å². The summed E-state index contributed by atoms with van der Waals surface area (Å²) in [7, 11) is 3.10. The topological polar surface area (TPSA) is 112 Å². The van der Waals surface area contributed by atoms with E-state index in [1.807, 2.05) is 30.3 Å². The Bertz CT molecular complexity index is 1520. The monoisotopic (exact) mass is 460 g/mol. The fourth-order valence-corrected chi connectivity index (χ4v) is 4.67. The van der Waals surface area contributed by atoms with Crippen molar-refractivity contribution in [2.45, 2.75) is 6.54 Å². The van der Waals surface area contributed by atoms with E-state index in [4.69, 9.17) is 15.2 Å². The van der Waals surface area contributed by atoms with Gasteiger partial charge in [-0.15, -0.1) is 0 Å². The van der Waals surface area contributed by atoms with Gasteiger partial charge >= 0.3 is 5.97 Å². The summed E-state index contributed by atoms with van der Waals surface area (Å²) in [6.07, 6.45) is 0. The molecule has 2 aromatic heterocycles. The molecule has 0 amide bonds. The molecule has 5 rings (SSSR count). The van der Waals surface area contributed by atoms with Gasteiger partial charge in [-0.25, -0.2) is 4.79 Å². The zero-order chi connectivity index (χ0) is 23.1. The molecule has 0 fully saturated rings. The summed E-state index contributed by atoms with van der Waals surface area (Å²) in [6.45, 7) is 0.350. The van der Waals surface area contributed by atoms with E-state index in [1.54, 1.807) is 43.1 Å². The molecule has 0 bridgehead atoms. The number of rotatable bonds is 6. The first kappa shape index (κ1) is 20.8. The quantitative estimate of drug-likeness (QED) is 0.354. The lowest BCUT2D eigenvalue weighted by atomic mass is 10.0. The van der Waals surface area contributed by atoms with Crippen molar-refractivity contribution in [1.82, 2.24) is 13.3 Å². The Morgan fingerprint density at radius 2 is 1.79 bits per heavy atom. The van der Waals surface area contributed by atoms with Crippen LogP contribution in [0.25, 0.3) is 33.1 Å². The van der Waals surface area contributed by atoms with Crippen LogP contribution in [-0.4, -0.2) is 38.6 Å². The number of aromatic carboxylic acids is 1. The van der Waals surface area contributed by atoms with Crippen LogP contribution in [-0.2, 0) is 6.54 Å². The molecule has 0 radical (unpaired) electrons. The summed E-state index contributed by atoms with van der Waals surface area (Å²) in [6, 6.07) is 16.6. The average molecular weight is 461 g/mol. The van der Waals surface area contributed by atoms with Gasteiger partial charge < -0.3 is 24.9 Å². The van der Waals surface area contributed by atoms with Crippen molar-refractivity contribution < 1.29 is 19.4 Å². The van der Waals surface area contributed by atoms with Crippen LogP contribution in [0.5, 0.6) is 11.5 Å². The highest BCUT2D eigenvalue weighted by molar-refractivity contribution is 7.00. The Hall–Kier alpha value is -4.11. The Morgan fingerprint density at radius 3 is 2.55 bits per heavy atom. The van der Waals surface area contributed by atoms with E-state index in [9.17, 15) is 9.90 Å². The molecular formula is C24H20N4O4S. The highest BCUT2D eigenvalue weighted by atomic mass is 32.1. The minimum Gasteiger partial charge on any atom is -0.493 e. The predicted octanol–water partition coefficient (Wildman–Crippen LogP) is 4.66. The third-order valence-electron chi connectivity index (χ3n) is 5.62. The minimum atomic E-state index is -1.04. The number of nitrogens with zero attached hydrogens (tertiary/aromatic N) is 3. The third-order valence-corrected chi connectivity index (χ3v) is 6.18. The molecule has 0 aliphatic carbocycles. The van der Waals surface area contributed by atoms with Crippen LogP contribution in [0, 0.1) is 0 Å². The number of benzene rings is 3. The smallest absolute Gasteiger partial charge is 0.353 e. The van der Waals surface area contributed by atoms with Crippen molar-refractivity contribution in [3.63, 3.8) is 0 Å². The molecule has 8 nitrogen and oxygen atoms in total. The van der Waals surface area contributed by atoms with Gasteiger partial charge in [-0.2, -0.15) is 8.75 Å². The lowest BCUT2D eigenvalue weighted by Gasteiger charge is -2.11. The zero-order valence-corrected chi connectivity index (χ0v) is 18.7. The highest BCUT2D eigenvalue weighted by Gasteiger charge is 2.25. The Labute approximate surface area is 193 Å². The number of carboxylic acid groups (broad SMARTS) is 1. The SMILES string of the molecule is COc1ccc(-c2c(C(=O)O)n(Cc3ccc4nsnc4c3)c3ccc(N)cc23)cc1OC. The number of aromatic nitrogens is 3. The molecule has 0 saturated carbocycles. The number of anilines is 1. The largest absolute Gasteiger partial charge is 0.493 e. The van der Waals surface area contributed by atoms with Gasteiger partial charge in [-0.3, -0.25) is 0 Å². The van der Waals surface area contributed by atoms with Crippen LogP contribution < -0.4 is 15.2 Å². The second-order valence-corrected chi connectivity index (χ2v) is 8.08. The molecule has 5 aromatic rings. The van der Waals surface area contributed by atoms with Crippen LogP contribution in [0.4, 0.5) is 5.69 Å². The van der Waals surface area contributed by atoms with E-state index in [0.29, 0.717) is 34.9 Å². The average Bonchev–Trinajstić information content (AvgIpc) is 3.40. The Morgan fingerprint density at radius 1 is 1.00 bits per heavy atom. The number of nitrogen functional groups attached to an aromatic ring is 1. The Kier molecular flexibility index (Phi) is 5.10. The Balaban J connectivity index is 1.76. The van der Waals surface area contributed by atoms with E-state index in [-0.39, 0.29) is 5.69 Å². The molecule has 0 aliphatic rings. The maximum absolute atomic E-state index is 12.6. The van der Waals surface area contributed by atoms with Crippen molar-refractivity contribution in [3.05, 3.63) is 65.9 Å². The second-order valence-electron chi connectivity index (χ2n) is 7.55. The van der Waals surface area contributed by atoms with E-state index < -0.39 is 5.97 Å². The number of carboxylic acids is 1. The van der Waals surface area contributed by atoms with E-state index in [0.717, 1.165) is 39.2 Å². The number of fused-ring (bicyclic) bond motifs is 2. The molecule has 0 unspecified atom stereocenters. The van der Waals surface area contributed by atoms with Gasteiger partial charge in [-0.1, -0.05) is 12.1 Å². The first-order chi connectivity index (χ1) is 16.0. The number of hydrogen-bond donors (Lipinski definition) is 2. The van der Waals surface area contributed by atoms with Crippen LogP contribution in [0.3, 0.4) is 0 Å². The van der Waals surface area contributed by atoms with Crippen LogP contribution in [0.15, 0.2) is 54.6 Å². The molecule has 2 heterocycles. The number of carbonyl (C=O) groups is 1. The third kappa shape index (κ3) is 3.52. The van der Waals surface area contributed by atoms with E-state index in [2.05, 4.69) is 8.75 Å². The van der Waals surface area contributed by atoms with E-state index in [1.165, 1.54) is 0 Å². The van der Waals surface area contributed by atoms with Gasteiger partial charge in [0.25, 0.3) is 0 Å². The fraction of sp³-hybridized carbons (Fsp3) is 0.125. The van der Waals surface area contributed by atoms with Crippen LogP contribution in [0.1, 0.15) is 16.1 Å². The number of hydrogen-bond acceptors (Lipinski definition) is 7. The molecule has 3 aromatic carbocycles. The van der Waals surface area contributed by atoms with Gasteiger partial charge in [0.15, 0.2) is 11.5 Å². The van der Waals surface area contributed by atoms with Crippen molar-refractivity contribution in [1.29, 1.82) is 0 Å². The number of nitrogens with two attached hydrogens (primary N) is 1. The number of methoxy groups -OCH3 is 2. The standard InChI is InChI=1S/C24H20N4O4S/c1-31-20-8-4-14(10-21(20)32-2)22-16-11-15(25)5-7-19(16)28(23(22)24(29)30)12-13-3-6-17-18(9-13)27-33-26-17/h3-11H,12,25H2,1-2H3,(H,29,30). The zero-order valence-electron chi connectivity index (χ0n) is 17.9. The van der Waals surface area contributed by atoms with Crippen molar-refractivity contribution in [2.75, 3.05) is 20.0 Å². The summed E-state index contributed by atoms with van der Waals surface area (Å²) in [5, 5.41) is 11.0. The lowest BCUT2D eigenvalue weighted by Crippen LogP contribution is -2.10. The van der Waals surface area contributed by atoms with Gasteiger partial charge in [0.2, 0.25) is 0 Å². The predicted molar refractivity (Wildman–Crippen MR) is 128 cm³/mol. The van der Waals surface area contributed by atoms with Gasteiger partial charge in [0, 0.05) is 28.7 Å². The molecule has 0 saturated heterocycles. The van der Waals surface area contributed by atoms with Gasteiger partial charge in [0.1, 0.15) is 16.7 Å². The van der Waals surface area contributed by atoms with Gasteiger partial charge in [-0.05, 0) is 53.6 Å². The fourth-order valence-electron chi connectivity index (χ4n) is 4.15. The maximum atomic E-state index is 12.6. The maximum Gasteiger partial charge on any atom is 0.353 e. The van der Waals surface area contributed by atoms with Crippen molar-refractivity contribution in [2.24, 2.45) is 0 Å². The molecule has 3 N–H and O–H groups in total. The van der Waals surface area contributed by atoms with E-state index >= 15 is 0 Å². The summed E-state index contributed by atoms with van der Waals surface area (Å²) in [5.74, 6) is 0.0372. The summed E-state index contributed by atoms with van der Waals surface area (Å²) in [4.78, 5) is 12.6. The van der Waals surface area contributed by atoms with Gasteiger partial charge in [0.05, 0.1) is 25.9 Å². The highest BCUT2D eigenvalue weighted by Crippen LogP contribution is 2.40. The summed E-state index contributed by atoms with van der Waals surface area (Å²) in [5.41, 5.74) is 11.4. The van der Waals surface area contributed by atoms with Crippen molar-refractivity contribution in [3.8, 4) is 22.6 Å². The molecule has 0 spiro atoms. The first-order valence-corrected chi connectivity index (χ1v) is 10.8. The minimum absolute atomic E-state index is 0.166. The van der Waals surface area contributed by atoms with Crippen LogP contribution >= 0.6 is 11.7 Å².